The number of aliphatic hydroxyl groups is 1. The average Bonchev–Trinajstić information content (AvgIpc) is 2.87. The Morgan fingerprint density at radius 1 is 1.07 bits per heavy atom. The van der Waals surface area contributed by atoms with Crippen LogP contribution in [0, 0.1) is 0 Å². The van der Waals surface area contributed by atoms with Crippen molar-refractivity contribution in [3.05, 3.63) is 53.2 Å². The zero-order valence-corrected chi connectivity index (χ0v) is 15.4. The summed E-state index contributed by atoms with van der Waals surface area (Å²) in [5.41, 5.74) is -3.15. The van der Waals surface area contributed by atoms with Gasteiger partial charge in [-0.15, -0.1) is 0 Å². The van der Waals surface area contributed by atoms with Gasteiger partial charge in [0, 0.05) is 37.5 Å². The van der Waals surface area contributed by atoms with Crippen LogP contribution in [0.1, 0.15) is 23.1 Å². The van der Waals surface area contributed by atoms with Gasteiger partial charge in [-0.1, -0.05) is 6.08 Å². The maximum absolute atomic E-state index is 13.1. The largest absolute Gasteiger partial charge is 0.416 e. The first-order valence-corrected chi connectivity index (χ1v) is 8.88. The summed E-state index contributed by atoms with van der Waals surface area (Å²) < 4.78 is 78.3. The van der Waals surface area contributed by atoms with Crippen molar-refractivity contribution in [1.29, 1.82) is 0 Å². The molecule has 0 aliphatic carbocycles. The second-order valence-electron chi connectivity index (χ2n) is 6.87. The third kappa shape index (κ3) is 5.21. The highest BCUT2D eigenvalue weighted by atomic mass is 19.4. The molecule has 3 rings (SSSR count). The Balaban J connectivity index is 1.80. The molecule has 162 valence electrons. The molecule has 1 saturated heterocycles. The van der Waals surface area contributed by atoms with Crippen molar-refractivity contribution < 1.29 is 36.2 Å². The number of β-amino-alcohol motifs (C(OH)–C–C–N with tert-alkyl or cyclic N) is 1. The summed E-state index contributed by atoms with van der Waals surface area (Å²) in [6.07, 6.45) is -4.78. The van der Waals surface area contributed by atoms with Gasteiger partial charge in [-0.05, 0) is 24.6 Å². The van der Waals surface area contributed by atoms with E-state index in [2.05, 4.69) is 4.99 Å². The minimum atomic E-state index is -4.94. The monoisotopic (exact) mass is 433 g/mol. The van der Waals surface area contributed by atoms with E-state index in [4.69, 9.17) is 0 Å². The Hall–Kier alpha value is -2.82. The van der Waals surface area contributed by atoms with E-state index in [0.29, 0.717) is 18.7 Å². The number of hydrogen-bond acceptors (Lipinski definition) is 4. The molecule has 0 unspecified atom stereocenters. The number of aliphatic hydroxyl groups excluding tert-OH is 1. The van der Waals surface area contributed by atoms with E-state index in [9.17, 15) is 36.2 Å². The van der Waals surface area contributed by atoms with Crippen LogP contribution in [-0.4, -0.2) is 52.9 Å². The van der Waals surface area contributed by atoms with Crippen LogP contribution >= 0.6 is 0 Å². The molecular weight excluding hydrogens is 416 g/mol. The lowest BCUT2D eigenvalue weighted by Crippen LogP contribution is -2.53. The van der Waals surface area contributed by atoms with Crippen LogP contribution in [0.5, 0.6) is 0 Å². The first-order chi connectivity index (χ1) is 13.9. The van der Waals surface area contributed by atoms with Crippen LogP contribution in [0.3, 0.4) is 0 Å². The van der Waals surface area contributed by atoms with Gasteiger partial charge in [0.15, 0.2) is 0 Å². The van der Waals surface area contributed by atoms with Gasteiger partial charge in [-0.3, -0.25) is 4.79 Å². The molecule has 1 fully saturated rings. The van der Waals surface area contributed by atoms with E-state index in [-0.39, 0.29) is 42.7 Å². The van der Waals surface area contributed by atoms with Crippen molar-refractivity contribution >= 4 is 17.9 Å². The number of aliphatic imine (C=N–C) groups is 1. The maximum Gasteiger partial charge on any atom is 0.416 e. The number of amides is 1. The van der Waals surface area contributed by atoms with Crippen molar-refractivity contribution in [1.82, 2.24) is 9.80 Å². The topological polar surface area (TPSA) is 56.1 Å². The average molecular weight is 433 g/mol. The summed E-state index contributed by atoms with van der Waals surface area (Å²) in [5, 5.41) is 9.20. The molecule has 1 aromatic rings. The fourth-order valence-corrected chi connectivity index (χ4v) is 2.91. The van der Waals surface area contributed by atoms with Gasteiger partial charge in [-0.2, -0.15) is 26.3 Å². The SMILES string of the molecule is O=C(C=CN1C=NC(c2cc(C(F)(F)F)cc(C(F)(F)F)c2)=CCC1)N1CC(O)C1. The normalized spacial score (nSPS) is 18.4. The summed E-state index contributed by atoms with van der Waals surface area (Å²) >= 11 is 0. The summed E-state index contributed by atoms with van der Waals surface area (Å²) in [7, 11) is 0. The number of benzene rings is 1. The molecule has 1 N–H and O–H groups in total. The van der Waals surface area contributed by atoms with Gasteiger partial charge in [0.05, 0.1) is 29.3 Å². The highest BCUT2D eigenvalue weighted by Crippen LogP contribution is 2.38. The lowest BCUT2D eigenvalue weighted by atomic mass is 10.0. The number of carbonyl (C=O) groups is 1. The number of hydrogen-bond donors (Lipinski definition) is 1. The second kappa shape index (κ2) is 8.13. The molecule has 0 spiro atoms. The fraction of sp³-hybridized carbons (Fsp3) is 0.368. The highest BCUT2D eigenvalue weighted by Gasteiger charge is 2.37. The number of alkyl halides is 6. The zero-order valence-electron chi connectivity index (χ0n) is 15.4. The third-order valence-electron chi connectivity index (χ3n) is 4.54. The summed E-state index contributed by atoms with van der Waals surface area (Å²) in [4.78, 5) is 18.8. The smallest absolute Gasteiger partial charge is 0.389 e. The molecule has 11 heteroatoms. The summed E-state index contributed by atoms with van der Waals surface area (Å²) in [6, 6.07) is 1.32. The lowest BCUT2D eigenvalue weighted by molar-refractivity contribution is -0.143. The number of nitrogens with zero attached hydrogens (tertiary/aromatic N) is 3. The van der Waals surface area contributed by atoms with Gasteiger partial charge >= 0.3 is 12.4 Å². The Labute approximate surface area is 167 Å². The van der Waals surface area contributed by atoms with E-state index < -0.39 is 29.6 Å². The molecule has 5 nitrogen and oxygen atoms in total. The second-order valence-corrected chi connectivity index (χ2v) is 6.87. The van der Waals surface area contributed by atoms with E-state index >= 15 is 0 Å². The molecule has 2 aliphatic rings. The lowest BCUT2D eigenvalue weighted by Gasteiger charge is -2.35. The van der Waals surface area contributed by atoms with Crippen molar-refractivity contribution in [2.75, 3.05) is 19.6 Å². The zero-order chi connectivity index (χ0) is 22.1. The standard InChI is InChI=1S/C19H17F6N3O2/c20-18(21,22)13-6-12(7-14(8-13)19(23,24)25)16-2-1-4-27(11-26-16)5-3-17(30)28-9-15(29)10-28/h2-3,5-8,11,15,29H,1,4,9-10H2. The molecule has 1 aromatic carbocycles. The Bertz CT molecular complexity index is 866. The molecule has 1 amide bonds. The van der Waals surface area contributed by atoms with Crippen molar-refractivity contribution in [3.63, 3.8) is 0 Å². The van der Waals surface area contributed by atoms with E-state index in [1.165, 1.54) is 34.5 Å². The van der Waals surface area contributed by atoms with E-state index in [1.807, 2.05) is 0 Å². The van der Waals surface area contributed by atoms with Crippen molar-refractivity contribution in [2.24, 2.45) is 4.99 Å². The summed E-state index contributed by atoms with van der Waals surface area (Å²) in [5.74, 6) is -0.321. The first-order valence-electron chi connectivity index (χ1n) is 8.88. The van der Waals surface area contributed by atoms with Crippen LogP contribution in [-0.2, 0) is 17.1 Å². The van der Waals surface area contributed by atoms with Gasteiger partial charge in [-0.25, -0.2) is 4.99 Å². The van der Waals surface area contributed by atoms with Crippen molar-refractivity contribution in [2.45, 2.75) is 24.9 Å². The Morgan fingerprint density at radius 2 is 1.67 bits per heavy atom. The number of carbonyl (C=O) groups excluding carboxylic acids is 1. The Kier molecular flexibility index (Phi) is 5.93. The predicted octanol–water partition coefficient (Wildman–Crippen LogP) is 3.52. The van der Waals surface area contributed by atoms with Crippen LogP contribution in [0.2, 0.25) is 0 Å². The first kappa shape index (κ1) is 21.9. The van der Waals surface area contributed by atoms with Gasteiger partial charge < -0.3 is 14.9 Å². The van der Waals surface area contributed by atoms with Crippen LogP contribution < -0.4 is 0 Å². The molecule has 30 heavy (non-hydrogen) atoms. The van der Waals surface area contributed by atoms with E-state index in [1.54, 1.807) is 0 Å². The molecule has 0 atom stereocenters. The van der Waals surface area contributed by atoms with Gasteiger partial charge in [0.1, 0.15) is 0 Å². The van der Waals surface area contributed by atoms with Crippen molar-refractivity contribution in [3.8, 4) is 0 Å². The molecule has 0 aromatic heterocycles. The molecule has 2 heterocycles. The molecule has 2 aliphatic heterocycles. The fourth-order valence-electron chi connectivity index (χ4n) is 2.91. The quantitative estimate of drug-likeness (QED) is 0.587. The number of likely N-dealkylation sites (tertiary alicyclic amines) is 1. The van der Waals surface area contributed by atoms with Crippen LogP contribution in [0.4, 0.5) is 26.3 Å². The molecule has 0 saturated carbocycles. The van der Waals surface area contributed by atoms with E-state index in [0.717, 1.165) is 0 Å². The van der Waals surface area contributed by atoms with Gasteiger partial charge in [0.25, 0.3) is 0 Å². The number of rotatable bonds is 3. The maximum atomic E-state index is 13.1. The molecule has 0 bridgehead atoms. The minimum Gasteiger partial charge on any atom is -0.389 e. The van der Waals surface area contributed by atoms with Crippen LogP contribution in [0.25, 0.3) is 5.70 Å². The molecule has 0 radical (unpaired) electrons. The highest BCUT2D eigenvalue weighted by molar-refractivity contribution is 5.88. The summed E-state index contributed by atoms with van der Waals surface area (Å²) in [6.45, 7) is 0.796. The molecular formula is C19H17F6N3O2. The minimum absolute atomic E-state index is 0.0281. The van der Waals surface area contributed by atoms with Crippen LogP contribution in [0.15, 0.2) is 41.5 Å². The number of halogens is 6. The Morgan fingerprint density at radius 3 is 2.20 bits per heavy atom. The third-order valence-corrected chi connectivity index (χ3v) is 4.54. The van der Waals surface area contributed by atoms with Gasteiger partial charge in [0.2, 0.25) is 5.91 Å². The predicted molar refractivity (Wildman–Crippen MR) is 96.0 cm³/mol.